The van der Waals surface area contributed by atoms with Crippen molar-refractivity contribution in [3.63, 3.8) is 0 Å². The van der Waals surface area contributed by atoms with Crippen molar-refractivity contribution in [1.29, 1.82) is 0 Å². The minimum atomic E-state index is -0.421. The van der Waals surface area contributed by atoms with Crippen LogP contribution < -0.4 is 11.1 Å². The molecule has 18 heavy (non-hydrogen) atoms. The highest BCUT2D eigenvalue weighted by atomic mass is 16.6. The second-order valence-corrected chi connectivity index (χ2v) is 7.12. The van der Waals surface area contributed by atoms with Crippen molar-refractivity contribution in [2.75, 3.05) is 0 Å². The van der Waals surface area contributed by atoms with Crippen LogP contribution in [0.1, 0.15) is 65.7 Å². The number of alkyl carbamates (subject to hydrolysis) is 1. The van der Waals surface area contributed by atoms with E-state index in [2.05, 4.69) is 5.32 Å². The molecule has 0 saturated heterocycles. The number of hydrogen-bond acceptors (Lipinski definition) is 3. The number of nitrogens with one attached hydrogen (secondary N) is 1. The average molecular weight is 254 g/mol. The highest BCUT2D eigenvalue weighted by Gasteiger charge is 2.45. The fraction of sp³-hybridized carbons (Fsp3) is 0.929. The molecule has 0 aromatic carbocycles. The van der Waals surface area contributed by atoms with Gasteiger partial charge in [0.1, 0.15) is 5.60 Å². The van der Waals surface area contributed by atoms with Gasteiger partial charge in [0, 0.05) is 11.1 Å². The van der Waals surface area contributed by atoms with Gasteiger partial charge in [-0.25, -0.2) is 4.79 Å². The normalized spacial score (nSPS) is 23.3. The van der Waals surface area contributed by atoms with Gasteiger partial charge in [-0.3, -0.25) is 0 Å². The van der Waals surface area contributed by atoms with E-state index in [4.69, 9.17) is 10.5 Å². The van der Waals surface area contributed by atoms with Crippen molar-refractivity contribution >= 4 is 6.09 Å². The topological polar surface area (TPSA) is 64.3 Å². The molecule has 4 nitrogen and oxygen atoms in total. The summed E-state index contributed by atoms with van der Waals surface area (Å²) in [6, 6.07) is 0. The number of hydrogen-bond donors (Lipinski definition) is 2. The summed E-state index contributed by atoms with van der Waals surface area (Å²) in [6.07, 6.45) is 7.42. The number of carbonyl (C=O) groups excluding carboxylic acids is 1. The molecule has 2 saturated carbocycles. The van der Waals surface area contributed by atoms with Crippen molar-refractivity contribution in [3.8, 4) is 0 Å². The molecule has 0 aliphatic heterocycles. The summed E-state index contributed by atoms with van der Waals surface area (Å²) < 4.78 is 5.30. The third kappa shape index (κ3) is 4.16. The molecule has 2 fully saturated rings. The Morgan fingerprint density at radius 3 is 2.28 bits per heavy atom. The molecule has 104 valence electrons. The highest BCUT2D eigenvalue weighted by molar-refractivity contribution is 5.69. The van der Waals surface area contributed by atoms with Crippen LogP contribution in [-0.2, 0) is 4.74 Å². The quantitative estimate of drug-likeness (QED) is 0.793. The third-order valence-electron chi connectivity index (χ3n) is 3.84. The fourth-order valence-corrected chi connectivity index (χ4v) is 2.30. The van der Waals surface area contributed by atoms with E-state index >= 15 is 0 Å². The number of carbonyl (C=O) groups is 1. The lowest BCUT2D eigenvalue weighted by Crippen LogP contribution is -2.40. The van der Waals surface area contributed by atoms with E-state index in [9.17, 15) is 4.79 Å². The molecular formula is C14H26N2O2. The first-order valence-corrected chi connectivity index (χ1v) is 7.02. The Balaban J connectivity index is 1.69. The molecule has 1 amide bonds. The minimum absolute atomic E-state index is 0.00752. The van der Waals surface area contributed by atoms with Gasteiger partial charge in [-0.05, 0) is 65.7 Å². The van der Waals surface area contributed by atoms with E-state index in [0.717, 1.165) is 32.1 Å². The van der Waals surface area contributed by atoms with Crippen LogP contribution in [0.2, 0.25) is 0 Å². The molecule has 0 spiro atoms. The van der Waals surface area contributed by atoms with Gasteiger partial charge in [-0.15, -0.1) is 0 Å². The lowest BCUT2D eigenvalue weighted by molar-refractivity contribution is 0.0493. The Labute approximate surface area is 110 Å². The first-order valence-electron chi connectivity index (χ1n) is 7.02. The second kappa shape index (κ2) is 4.41. The van der Waals surface area contributed by atoms with Crippen molar-refractivity contribution < 1.29 is 9.53 Å². The second-order valence-electron chi connectivity index (χ2n) is 7.12. The SMILES string of the molecule is CC(C)(C)OC(=O)NC1(CCCC2(N)CC2)CC1. The predicted molar refractivity (Wildman–Crippen MR) is 71.3 cm³/mol. The van der Waals surface area contributed by atoms with Crippen LogP contribution in [0.15, 0.2) is 0 Å². The predicted octanol–water partition coefficient (Wildman–Crippen LogP) is 2.71. The van der Waals surface area contributed by atoms with Crippen LogP contribution in [0.4, 0.5) is 4.79 Å². The van der Waals surface area contributed by atoms with Gasteiger partial charge in [0.25, 0.3) is 0 Å². The zero-order valence-corrected chi connectivity index (χ0v) is 11.8. The summed E-state index contributed by atoms with van der Waals surface area (Å²) in [6.45, 7) is 5.66. The zero-order valence-electron chi connectivity index (χ0n) is 11.8. The van der Waals surface area contributed by atoms with Crippen LogP contribution >= 0.6 is 0 Å². The zero-order chi connectivity index (χ0) is 13.4. The average Bonchev–Trinajstić information content (AvgIpc) is 3.05. The Kier molecular flexibility index (Phi) is 3.34. The number of nitrogens with two attached hydrogens (primary N) is 1. The van der Waals surface area contributed by atoms with Crippen LogP contribution in [0.3, 0.4) is 0 Å². The first-order chi connectivity index (χ1) is 8.22. The van der Waals surface area contributed by atoms with Gasteiger partial charge in [0.05, 0.1) is 0 Å². The van der Waals surface area contributed by atoms with Gasteiger partial charge in [-0.1, -0.05) is 0 Å². The summed E-state index contributed by atoms with van der Waals surface area (Å²) in [5.74, 6) is 0. The molecule has 4 heteroatoms. The third-order valence-corrected chi connectivity index (χ3v) is 3.84. The molecule has 2 rings (SSSR count). The largest absolute Gasteiger partial charge is 0.444 e. The molecule has 0 aromatic heterocycles. The Morgan fingerprint density at radius 1 is 1.22 bits per heavy atom. The van der Waals surface area contributed by atoms with E-state index in [1.807, 2.05) is 20.8 Å². The van der Waals surface area contributed by atoms with Crippen LogP contribution in [-0.4, -0.2) is 22.8 Å². The summed E-state index contributed by atoms with van der Waals surface area (Å²) in [5.41, 5.74) is 5.78. The van der Waals surface area contributed by atoms with E-state index in [1.165, 1.54) is 12.8 Å². The molecular weight excluding hydrogens is 228 g/mol. The fourth-order valence-electron chi connectivity index (χ4n) is 2.30. The first kappa shape index (κ1) is 13.7. The molecule has 2 aliphatic carbocycles. The maximum atomic E-state index is 11.7. The highest BCUT2D eigenvalue weighted by Crippen LogP contribution is 2.43. The van der Waals surface area contributed by atoms with Gasteiger partial charge in [-0.2, -0.15) is 0 Å². The van der Waals surface area contributed by atoms with Gasteiger partial charge in [0.15, 0.2) is 0 Å². The monoisotopic (exact) mass is 254 g/mol. The van der Waals surface area contributed by atoms with Crippen molar-refractivity contribution in [3.05, 3.63) is 0 Å². The lowest BCUT2D eigenvalue weighted by Gasteiger charge is -2.23. The van der Waals surface area contributed by atoms with Gasteiger partial charge < -0.3 is 15.8 Å². The molecule has 0 radical (unpaired) electrons. The molecule has 0 bridgehead atoms. The Bertz CT molecular complexity index is 325. The molecule has 0 unspecified atom stereocenters. The summed E-state index contributed by atoms with van der Waals surface area (Å²) in [5, 5.41) is 3.03. The van der Waals surface area contributed by atoms with E-state index in [-0.39, 0.29) is 17.2 Å². The lowest BCUT2D eigenvalue weighted by atomic mass is 10.0. The van der Waals surface area contributed by atoms with E-state index in [0.29, 0.717) is 0 Å². The van der Waals surface area contributed by atoms with Crippen LogP contribution in [0, 0.1) is 0 Å². The number of rotatable bonds is 5. The molecule has 0 atom stereocenters. The molecule has 0 heterocycles. The number of ether oxygens (including phenoxy) is 1. The molecule has 3 N–H and O–H groups in total. The molecule has 2 aliphatic rings. The minimum Gasteiger partial charge on any atom is -0.444 e. The summed E-state index contributed by atoms with van der Waals surface area (Å²) in [7, 11) is 0. The van der Waals surface area contributed by atoms with Gasteiger partial charge in [0.2, 0.25) is 0 Å². The molecule has 0 aromatic rings. The smallest absolute Gasteiger partial charge is 0.408 e. The standard InChI is InChI=1S/C14H26N2O2/c1-12(2,3)18-11(17)16-14(9-10-14)6-4-5-13(15)7-8-13/h4-10,15H2,1-3H3,(H,16,17). The number of amides is 1. The van der Waals surface area contributed by atoms with E-state index in [1.54, 1.807) is 0 Å². The van der Waals surface area contributed by atoms with Crippen molar-refractivity contribution in [1.82, 2.24) is 5.32 Å². The van der Waals surface area contributed by atoms with Crippen molar-refractivity contribution in [2.45, 2.75) is 82.4 Å². The maximum absolute atomic E-state index is 11.7. The maximum Gasteiger partial charge on any atom is 0.408 e. The van der Waals surface area contributed by atoms with E-state index < -0.39 is 5.60 Å². The van der Waals surface area contributed by atoms with Crippen LogP contribution in [0.25, 0.3) is 0 Å². The van der Waals surface area contributed by atoms with Gasteiger partial charge >= 0.3 is 6.09 Å². The van der Waals surface area contributed by atoms with Crippen LogP contribution in [0.5, 0.6) is 0 Å². The van der Waals surface area contributed by atoms with Crippen molar-refractivity contribution in [2.24, 2.45) is 5.73 Å². The Hall–Kier alpha value is -0.770. The Morgan fingerprint density at radius 2 is 1.83 bits per heavy atom. The summed E-state index contributed by atoms with van der Waals surface area (Å²) in [4.78, 5) is 11.7. The summed E-state index contributed by atoms with van der Waals surface area (Å²) >= 11 is 0.